The van der Waals surface area contributed by atoms with E-state index >= 15 is 0 Å². The predicted octanol–water partition coefficient (Wildman–Crippen LogP) is 1.38. The zero-order valence-corrected chi connectivity index (χ0v) is 15.2. The summed E-state index contributed by atoms with van der Waals surface area (Å²) in [6, 6.07) is 7.14. The van der Waals surface area contributed by atoms with Crippen LogP contribution in [0.5, 0.6) is 11.5 Å². The van der Waals surface area contributed by atoms with Gasteiger partial charge in [0.05, 0.1) is 19.9 Å². The average molecular weight is 358 g/mol. The molecule has 0 atom stereocenters. The summed E-state index contributed by atoms with van der Waals surface area (Å²) in [5.74, 6) is 0.337. The summed E-state index contributed by atoms with van der Waals surface area (Å²) in [4.78, 5) is 23.7. The minimum absolute atomic E-state index is 0.0271. The second-order valence-corrected chi connectivity index (χ2v) is 5.57. The molecule has 0 radical (unpaired) electrons. The standard InChI is InChI=1S/C18H22N4O4/c1-12-9-13(2)22(21-12)11-18(24)20-19-17(23)8-6-14-5-7-15(25-3)16(10-14)26-4/h5-10H,11H2,1-4H3,(H,19,23)(H,20,24)/b8-6+. The summed E-state index contributed by atoms with van der Waals surface area (Å²) in [6.45, 7) is 3.74. The second kappa shape index (κ2) is 8.70. The second-order valence-electron chi connectivity index (χ2n) is 5.57. The number of rotatable bonds is 6. The van der Waals surface area contributed by atoms with Crippen LogP contribution in [0.1, 0.15) is 17.0 Å². The van der Waals surface area contributed by atoms with Gasteiger partial charge in [-0.3, -0.25) is 25.1 Å². The Balaban J connectivity index is 1.87. The fourth-order valence-electron chi connectivity index (χ4n) is 2.31. The molecule has 1 aromatic carbocycles. The molecular formula is C18H22N4O4. The zero-order chi connectivity index (χ0) is 19.1. The van der Waals surface area contributed by atoms with Crippen molar-refractivity contribution < 1.29 is 19.1 Å². The number of hydrogen-bond acceptors (Lipinski definition) is 5. The smallest absolute Gasteiger partial charge is 0.262 e. The van der Waals surface area contributed by atoms with E-state index < -0.39 is 5.91 Å². The molecular weight excluding hydrogens is 336 g/mol. The van der Waals surface area contributed by atoms with Crippen LogP contribution in [0.15, 0.2) is 30.3 Å². The topological polar surface area (TPSA) is 94.5 Å². The Bertz CT molecular complexity index is 827. The molecule has 2 N–H and O–H groups in total. The number of nitrogens with zero attached hydrogens (tertiary/aromatic N) is 2. The zero-order valence-electron chi connectivity index (χ0n) is 15.2. The number of carbonyl (C=O) groups is 2. The van der Waals surface area contributed by atoms with Gasteiger partial charge in [-0.1, -0.05) is 6.07 Å². The lowest BCUT2D eigenvalue weighted by atomic mass is 10.2. The summed E-state index contributed by atoms with van der Waals surface area (Å²) in [7, 11) is 3.09. The Kier molecular flexibility index (Phi) is 6.37. The molecule has 1 heterocycles. The third kappa shape index (κ3) is 5.10. The van der Waals surface area contributed by atoms with Crippen LogP contribution in [0, 0.1) is 13.8 Å². The van der Waals surface area contributed by atoms with Crippen molar-refractivity contribution in [3.8, 4) is 11.5 Å². The number of amides is 2. The van der Waals surface area contributed by atoms with Crippen molar-refractivity contribution in [2.45, 2.75) is 20.4 Å². The molecule has 8 heteroatoms. The fourth-order valence-corrected chi connectivity index (χ4v) is 2.31. The van der Waals surface area contributed by atoms with Crippen LogP contribution in [0.4, 0.5) is 0 Å². The molecule has 1 aromatic heterocycles. The van der Waals surface area contributed by atoms with Crippen LogP contribution in [0.25, 0.3) is 6.08 Å². The van der Waals surface area contributed by atoms with Gasteiger partial charge in [0.2, 0.25) is 0 Å². The van der Waals surface area contributed by atoms with Crippen molar-refractivity contribution in [1.29, 1.82) is 0 Å². The van der Waals surface area contributed by atoms with Crippen molar-refractivity contribution in [2.75, 3.05) is 14.2 Å². The first kappa shape index (κ1) is 19.0. The van der Waals surface area contributed by atoms with Gasteiger partial charge in [0.25, 0.3) is 11.8 Å². The maximum atomic E-state index is 11.9. The van der Waals surface area contributed by atoms with E-state index in [2.05, 4.69) is 16.0 Å². The number of nitrogens with one attached hydrogen (secondary N) is 2. The van der Waals surface area contributed by atoms with Gasteiger partial charge in [-0.2, -0.15) is 5.10 Å². The Morgan fingerprint density at radius 3 is 2.46 bits per heavy atom. The van der Waals surface area contributed by atoms with Gasteiger partial charge in [-0.15, -0.1) is 0 Å². The number of hydrogen-bond donors (Lipinski definition) is 2. The summed E-state index contributed by atoms with van der Waals surface area (Å²) in [5.41, 5.74) is 7.14. The van der Waals surface area contributed by atoms with Gasteiger partial charge in [-0.05, 0) is 43.7 Å². The largest absolute Gasteiger partial charge is 0.493 e. The number of methoxy groups -OCH3 is 2. The molecule has 0 bridgehead atoms. The van der Waals surface area contributed by atoms with Gasteiger partial charge in [-0.25, -0.2) is 0 Å². The summed E-state index contributed by atoms with van der Waals surface area (Å²) < 4.78 is 11.9. The van der Waals surface area contributed by atoms with Crippen molar-refractivity contribution in [3.05, 3.63) is 47.3 Å². The number of ether oxygens (including phenoxy) is 2. The highest BCUT2D eigenvalue weighted by atomic mass is 16.5. The van der Waals surface area contributed by atoms with Crippen molar-refractivity contribution in [2.24, 2.45) is 0 Å². The first-order chi connectivity index (χ1) is 12.4. The fraction of sp³-hybridized carbons (Fsp3) is 0.278. The molecule has 0 saturated carbocycles. The van der Waals surface area contributed by atoms with Crippen molar-refractivity contribution >= 4 is 17.9 Å². The Morgan fingerprint density at radius 2 is 1.85 bits per heavy atom. The van der Waals surface area contributed by atoms with Crippen molar-refractivity contribution in [3.63, 3.8) is 0 Å². The maximum absolute atomic E-state index is 11.9. The third-order valence-corrected chi connectivity index (χ3v) is 3.56. The highest BCUT2D eigenvalue weighted by Gasteiger charge is 2.08. The molecule has 8 nitrogen and oxygen atoms in total. The van der Waals surface area contributed by atoms with Gasteiger partial charge < -0.3 is 9.47 Å². The van der Waals surface area contributed by atoms with Gasteiger partial charge in [0.1, 0.15) is 6.54 Å². The van der Waals surface area contributed by atoms with Crippen LogP contribution in [0.2, 0.25) is 0 Å². The normalized spacial score (nSPS) is 10.6. The van der Waals surface area contributed by atoms with Crippen molar-refractivity contribution in [1.82, 2.24) is 20.6 Å². The molecule has 0 unspecified atom stereocenters. The Labute approximate surface area is 151 Å². The minimum Gasteiger partial charge on any atom is -0.493 e. The number of benzene rings is 1. The van der Waals surface area contributed by atoms with Crippen LogP contribution in [-0.2, 0) is 16.1 Å². The molecule has 26 heavy (non-hydrogen) atoms. The van der Waals surface area contributed by atoms with Gasteiger partial charge in [0.15, 0.2) is 11.5 Å². The lowest BCUT2D eigenvalue weighted by Gasteiger charge is -2.08. The Morgan fingerprint density at radius 1 is 1.12 bits per heavy atom. The van der Waals surface area contributed by atoms with E-state index in [9.17, 15) is 9.59 Å². The SMILES string of the molecule is COc1ccc(/C=C/C(=O)NNC(=O)Cn2nc(C)cc2C)cc1OC. The number of hydrazine groups is 1. The average Bonchev–Trinajstić information content (AvgIpc) is 2.94. The first-order valence-corrected chi connectivity index (χ1v) is 7.93. The molecule has 0 spiro atoms. The lowest BCUT2D eigenvalue weighted by molar-refractivity contribution is -0.127. The van der Waals surface area contributed by atoms with Crippen LogP contribution in [0.3, 0.4) is 0 Å². The quantitative estimate of drug-likeness (QED) is 0.601. The summed E-state index contributed by atoms with van der Waals surface area (Å²) >= 11 is 0. The van der Waals surface area contributed by atoms with Crippen LogP contribution >= 0.6 is 0 Å². The maximum Gasteiger partial charge on any atom is 0.262 e. The molecule has 2 aromatic rings. The van der Waals surface area contributed by atoms with Gasteiger partial charge >= 0.3 is 0 Å². The van der Waals surface area contributed by atoms with Crippen LogP contribution < -0.4 is 20.3 Å². The lowest BCUT2D eigenvalue weighted by Crippen LogP contribution is -2.42. The Hall–Kier alpha value is -3.29. The van der Waals surface area contributed by atoms with E-state index in [0.717, 1.165) is 17.0 Å². The van der Waals surface area contributed by atoms with E-state index in [0.29, 0.717) is 11.5 Å². The van der Waals surface area contributed by atoms with Crippen LogP contribution in [-0.4, -0.2) is 35.8 Å². The summed E-state index contributed by atoms with van der Waals surface area (Å²) in [5, 5.41) is 4.19. The predicted molar refractivity (Wildman–Crippen MR) is 96.6 cm³/mol. The van der Waals surface area contributed by atoms with E-state index in [1.54, 1.807) is 36.1 Å². The number of aryl methyl sites for hydroxylation is 2. The molecule has 0 saturated heterocycles. The highest BCUT2D eigenvalue weighted by Crippen LogP contribution is 2.27. The summed E-state index contributed by atoms with van der Waals surface area (Å²) in [6.07, 6.45) is 2.91. The van der Waals surface area contributed by atoms with E-state index in [1.165, 1.54) is 13.2 Å². The molecule has 0 aliphatic rings. The van der Waals surface area contributed by atoms with Gasteiger partial charge in [0, 0.05) is 11.8 Å². The molecule has 0 aliphatic heterocycles. The first-order valence-electron chi connectivity index (χ1n) is 7.93. The molecule has 2 amide bonds. The number of carbonyl (C=O) groups excluding carboxylic acids is 2. The molecule has 0 aliphatic carbocycles. The van der Waals surface area contributed by atoms with E-state index in [4.69, 9.17) is 9.47 Å². The molecule has 0 fully saturated rings. The van der Waals surface area contributed by atoms with E-state index in [-0.39, 0.29) is 12.5 Å². The van der Waals surface area contributed by atoms with E-state index in [1.807, 2.05) is 19.9 Å². The third-order valence-electron chi connectivity index (χ3n) is 3.56. The molecule has 138 valence electrons. The highest BCUT2D eigenvalue weighted by molar-refractivity contribution is 5.93. The molecule has 2 rings (SSSR count). The number of aromatic nitrogens is 2. The monoisotopic (exact) mass is 358 g/mol. The minimum atomic E-state index is -0.457.